The Labute approximate surface area is 83.8 Å². The van der Waals surface area contributed by atoms with E-state index < -0.39 is 0 Å². The van der Waals surface area contributed by atoms with Gasteiger partial charge in [0, 0.05) is 17.5 Å². The molecule has 0 unspecified atom stereocenters. The maximum absolute atomic E-state index is 4.54. The number of fused-ring (bicyclic) bond motifs is 3. The van der Waals surface area contributed by atoms with Gasteiger partial charge < -0.3 is 4.98 Å². The number of rotatable bonds is 0. The van der Waals surface area contributed by atoms with Crippen molar-refractivity contribution >= 4 is 6.08 Å². The molecule has 1 N–H and O–H groups in total. The van der Waals surface area contributed by atoms with E-state index in [1.165, 1.54) is 43.0 Å². The Balaban J connectivity index is 2.23. The van der Waals surface area contributed by atoms with Gasteiger partial charge in [-0.15, -0.1) is 0 Å². The van der Waals surface area contributed by atoms with Crippen molar-refractivity contribution in [2.45, 2.75) is 38.5 Å². The first-order chi connectivity index (χ1) is 6.95. The van der Waals surface area contributed by atoms with Crippen LogP contribution in [0.15, 0.2) is 4.99 Å². The number of nitrogens with zero attached hydrogens (tertiary/aromatic N) is 1. The molecule has 0 saturated heterocycles. The third kappa shape index (κ3) is 1.21. The fourth-order valence-electron chi connectivity index (χ4n) is 2.60. The van der Waals surface area contributed by atoms with Gasteiger partial charge in [-0.25, -0.2) is 0 Å². The lowest BCUT2D eigenvalue weighted by molar-refractivity contribution is 0.703. The molecule has 2 aliphatic rings. The summed E-state index contributed by atoms with van der Waals surface area (Å²) >= 11 is 0. The highest BCUT2D eigenvalue weighted by atomic mass is 14.9. The van der Waals surface area contributed by atoms with Gasteiger partial charge in [-0.3, -0.25) is 4.99 Å². The van der Waals surface area contributed by atoms with Crippen LogP contribution in [0, 0.1) is 0 Å². The van der Waals surface area contributed by atoms with Gasteiger partial charge >= 0.3 is 0 Å². The highest BCUT2D eigenvalue weighted by molar-refractivity contribution is 5.34. The van der Waals surface area contributed by atoms with E-state index in [-0.39, 0.29) is 0 Å². The van der Waals surface area contributed by atoms with Crippen molar-refractivity contribution in [1.82, 2.24) is 4.98 Å². The SMILES string of the molecule is C1=c2c3c([nH]c2=NCC1)CCCCC3. The Bertz CT molecular complexity index is 453. The van der Waals surface area contributed by atoms with Crippen LogP contribution in [0.5, 0.6) is 0 Å². The van der Waals surface area contributed by atoms with E-state index in [0.29, 0.717) is 0 Å². The van der Waals surface area contributed by atoms with Crippen molar-refractivity contribution in [1.29, 1.82) is 0 Å². The summed E-state index contributed by atoms with van der Waals surface area (Å²) < 4.78 is 0. The molecule has 1 aliphatic heterocycles. The zero-order valence-electron chi connectivity index (χ0n) is 8.47. The van der Waals surface area contributed by atoms with Gasteiger partial charge in [-0.1, -0.05) is 12.5 Å². The first-order valence-electron chi connectivity index (χ1n) is 5.69. The van der Waals surface area contributed by atoms with Crippen LogP contribution in [0.4, 0.5) is 0 Å². The minimum Gasteiger partial charge on any atom is -0.343 e. The summed E-state index contributed by atoms with van der Waals surface area (Å²) in [5, 5.41) is 1.42. The summed E-state index contributed by atoms with van der Waals surface area (Å²) in [7, 11) is 0. The van der Waals surface area contributed by atoms with E-state index in [9.17, 15) is 0 Å². The lowest BCUT2D eigenvalue weighted by atomic mass is 10.1. The van der Waals surface area contributed by atoms with Gasteiger partial charge in [-0.05, 0) is 37.7 Å². The smallest absolute Gasteiger partial charge is 0.132 e. The Morgan fingerprint density at radius 2 is 2.07 bits per heavy atom. The molecule has 1 aromatic heterocycles. The molecule has 2 heteroatoms. The minimum atomic E-state index is 0.965. The van der Waals surface area contributed by atoms with Crippen LogP contribution in [0.2, 0.25) is 0 Å². The van der Waals surface area contributed by atoms with Crippen molar-refractivity contribution < 1.29 is 0 Å². The number of nitrogens with one attached hydrogen (secondary N) is 1. The van der Waals surface area contributed by atoms with Crippen LogP contribution in [0.25, 0.3) is 6.08 Å². The van der Waals surface area contributed by atoms with Gasteiger partial charge in [0.15, 0.2) is 0 Å². The van der Waals surface area contributed by atoms with Gasteiger partial charge in [0.05, 0.1) is 0 Å². The summed E-state index contributed by atoms with van der Waals surface area (Å²) in [6.45, 7) is 0.965. The van der Waals surface area contributed by atoms with E-state index in [4.69, 9.17) is 0 Å². The Kier molecular flexibility index (Phi) is 1.93. The number of aromatic nitrogens is 1. The summed E-state index contributed by atoms with van der Waals surface area (Å²) in [4.78, 5) is 8.04. The average molecular weight is 188 g/mol. The van der Waals surface area contributed by atoms with Crippen molar-refractivity contribution in [3.63, 3.8) is 0 Å². The molecule has 2 nitrogen and oxygen atoms in total. The zero-order valence-corrected chi connectivity index (χ0v) is 8.47. The maximum Gasteiger partial charge on any atom is 0.132 e. The molecule has 14 heavy (non-hydrogen) atoms. The van der Waals surface area contributed by atoms with Crippen LogP contribution in [-0.4, -0.2) is 11.5 Å². The number of aryl methyl sites for hydroxylation is 1. The fourth-order valence-corrected chi connectivity index (χ4v) is 2.60. The van der Waals surface area contributed by atoms with Crippen molar-refractivity contribution in [2.24, 2.45) is 4.99 Å². The number of hydrogen-bond donors (Lipinski definition) is 1. The van der Waals surface area contributed by atoms with E-state index in [2.05, 4.69) is 16.1 Å². The molecule has 1 aromatic rings. The largest absolute Gasteiger partial charge is 0.343 e. The Morgan fingerprint density at radius 1 is 1.14 bits per heavy atom. The molecule has 3 rings (SSSR count). The molecule has 0 fully saturated rings. The molecule has 0 saturated carbocycles. The average Bonchev–Trinajstić information content (AvgIpc) is 2.42. The standard InChI is InChI=1S/C12H16N2/c1-2-5-9-10-6-4-8-13-12(10)14-11(9)7-3-1/h6H,1-5,7-8H2,(H,13,14). The number of hydrogen-bond acceptors (Lipinski definition) is 1. The molecule has 0 amide bonds. The second-order valence-electron chi connectivity index (χ2n) is 4.28. The second kappa shape index (κ2) is 3.26. The van der Waals surface area contributed by atoms with E-state index in [1.807, 2.05) is 0 Å². The van der Waals surface area contributed by atoms with E-state index >= 15 is 0 Å². The predicted octanol–water partition coefficient (Wildman–Crippen LogP) is 1.09. The number of H-pyrrole nitrogens is 1. The summed E-state index contributed by atoms with van der Waals surface area (Å²) in [5.41, 5.74) is 4.19. The zero-order chi connectivity index (χ0) is 9.38. The minimum absolute atomic E-state index is 0.965. The molecule has 0 atom stereocenters. The van der Waals surface area contributed by atoms with Gasteiger partial charge in [0.1, 0.15) is 5.49 Å². The quantitative estimate of drug-likeness (QED) is 0.590. The summed E-state index contributed by atoms with van der Waals surface area (Å²) in [6, 6.07) is 0. The van der Waals surface area contributed by atoms with Crippen LogP contribution in [0.3, 0.4) is 0 Å². The van der Waals surface area contributed by atoms with Crippen LogP contribution >= 0.6 is 0 Å². The fraction of sp³-hybridized carbons (Fsp3) is 0.583. The van der Waals surface area contributed by atoms with Crippen LogP contribution < -0.4 is 10.7 Å². The molecule has 0 spiro atoms. The molecule has 0 aromatic carbocycles. The van der Waals surface area contributed by atoms with Crippen molar-refractivity contribution in [3.8, 4) is 0 Å². The summed E-state index contributed by atoms with van der Waals surface area (Å²) in [5.74, 6) is 0. The number of aromatic amines is 1. The predicted molar refractivity (Wildman–Crippen MR) is 56.8 cm³/mol. The third-order valence-electron chi connectivity index (χ3n) is 3.31. The van der Waals surface area contributed by atoms with E-state index in [1.54, 1.807) is 5.56 Å². The van der Waals surface area contributed by atoms with Gasteiger partial charge in [0.25, 0.3) is 0 Å². The second-order valence-corrected chi connectivity index (χ2v) is 4.28. The molecule has 74 valence electrons. The highest BCUT2D eigenvalue weighted by Crippen LogP contribution is 2.15. The molecule has 0 radical (unpaired) electrons. The lowest BCUT2D eigenvalue weighted by Gasteiger charge is -1.97. The molecule has 1 aliphatic carbocycles. The first kappa shape index (κ1) is 8.27. The topological polar surface area (TPSA) is 28.1 Å². The molecular formula is C12H16N2. The van der Waals surface area contributed by atoms with Crippen molar-refractivity contribution in [3.05, 3.63) is 22.0 Å². The van der Waals surface area contributed by atoms with E-state index in [0.717, 1.165) is 18.5 Å². The third-order valence-corrected chi connectivity index (χ3v) is 3.31. The first-order valence-corrected chi connectivity index (χ1v) is 5.69. The van der Waals surface area contributed by atoms with Crippen molar-refractivity contribution in [2.75, 3.05) is 6.54 Å². The molecular weight excluding hydrogens is 172 g/mol. The Hall–Kier alpha value is -1.05. The maximum atomic E-state index is 4.54. The highest BCUT2D eigenvalue weighted by Gasteiger charge is 2.13. The monoisotopic (exact) mass is 188 g/mol. The molecule has 0 bridgehead atoms. The normalized spacial score (nSPS) is 20.0. The van der Waals surface area contributed by atoms with Crippen LogP contribution in [0.1, 0.15) is 36.9 Å². The molecule has 2 heterocycles. The van der Waals surface area contributed by atoms with Gasteiger partial charge in [0.2, 0.25) is 0 Å². The van der Waals surface area contributed by atoms with Crippen LogP contribution in [-0.2, 0) is 12.8 Å². The van der Waals surface area contributed by atoms with Gasteiger partial charge in [-0.2, -0.15) is 0 Å². The lowest BCUT2D eigenvalue weighted by Crippen LogP contribution is -2.28. The Morgan fingerprint density at radius 3 is 3.07 bits per heavy atom. The summed E-state index contributed by atoms with van der Waals surface area (Å²) in [6.07, 6.45) is 10.0.